The van der Waals surface area contributed by atoms with Gasteiger partial charge in [-0.2, -0.15) is 13.2 Å². The van der Waals surface area contributed by atoms with Crippen molar-refractivity contribution >= 4 is 28.5 Å². The van der Waals surface area contributed by atoms with E-state index >= 15 is 0 Å². The van der Waals surface area contributed by atoms with Crippen LogP contribution in [0.3, 0.4) is 0 Å². The van der Waals surface area contributed by atoms with E-state index < -0.39 is 18.9 Å². The molecule has 7 nitrogen and oxygen atoms in total. The molecular formula is C15H21F3N4O3S. The number of aromatic nitrogens is 2. The van der Waals surface area contributed by atoms with Crippen LogP contribution in [0.1, 0.15) is 31.7 Å². The SMILES string of the molecule is CC(C)Cc1nnc(NC(=O)C2CCN(C(=O)OCC(F)(F)F)CC2)s1. The van der Waals surface area contributed by atoms with Crippen LogP contribution in [0.2, 0.25) is 0 Å². The van der Waals surface area contributed by atoms with Gasteiger partial charge in [0.25, 0.3) is 0 Å². The van der Waals surface area contributed by atoms with Crippen molar-refractivity contribution in [2.45, 2.75) is 39.3 Å². The summed E-state index contributed by atoms with van der Waals surface area (Å²) in [6.45, 7) is 2.86. The zero-order valence-electron chi connectivity index (χ0n) is 14.5. The van der Waals surface area contributed by atoms with Gasteiger partial charge in [0.15, 0.2) is 6.61 Å². The summed E-state index contributed by atoms with van der Waals surface area (Å²) in [7, 11) is 0. The smallest absolute Gasteiger partial charge is 0.422 e. The fourth-order valence-electron chi connectivity index (χ4n) is 2.50. The Kier molecular flexibility index (Phi) is 6.79. The van der Waals surface area contributed by atoms with Crippen LogP contribution in [0.4, 0.5) is 23.1 Å². The topological polar surface area (TPSA) is 84.4 Å². The normalized spacial score (nSPS) is 16.0. The second kappa shape index (κ2) is 8.65. The van der Waals surface area contributed by atoms with Gasteiger partial charge in [0.2, 0.25) is 11.0 Å². The molecule has 0 atom stereocenters. The maximum Gasteiger partial charge on any atom is 0.422 e. The highest BCUT2D eigenvalue weighted by atomic mass is 32.1. The Bertz CT molecular complexity index is 628. The number of nitrogens with zero attached hydrogens (tertiary/aromatic N) is 3. The Morgan fingerprint density at radius 3 is 2.54 bits per heavy atom. The summed E-state index contributed by atoms with van der Waals surface area (Å²) in [5.41, 5.74) is 0. The molecule has 0 aliphatic carbocycles. The van der Waals surface area contributed by atoms with Gasteiger partial charge in [0.05, 0.1) is 0 Å². The molecule has 1 fully saturated rings. The Balaban J connectivity index is 1.77. The maximum atomic E-state index is 12.3. The van der Waals surface area contributed by atoms with Crippen molar-refractivity contribution in [2.75, 3.05) is 25.0 Å². The first kappa shape index (κ1) is 20.4. The van der Waals surface area contributed by atoms with Crippen molar-refractivity contribution in [1.29, 1.82) is 0 Å². The van der Waals surface area contributed by atoms with E-state index in [1.54, 1.807) is 0 Å². The number of anilines is 1. The van der Waals surface area contributed by atoms with Crippen molar-refractivity contribution in [3.63, 3.8) is 0 Å². The van der Waals surface area contributed by atoms with Crippen LogP contribution in [0.15, 0.2) is 0 Å². The highest BCUT2D eigenvalue weighted by Gasteiger charge is 2.33. The molecule has 2 rings (SSSR count). The van der Waals surface area contributed by atoms with E-state index in [1.807, 2.05) is 0 Å². The average molecular weight is 394 g/mol. The zero-order chi connectivity index (χ0) is 19.3. The van der Waals surface area contributed by atoms with E-state index in [0.29, 0.717) is 23.9 Å². The van der Waals surface area contributed by atoms with Gasteiger partial charge in [0, 0.05) is 25.4 Å². The molecule has 1 saturated heterocycles. The number of likely N-dealkylation sites (tertiary alicyclic amines) is 1. The van der Waals surface area contributed by atoms with Gasteiger partial charge >= 0.3 is 12.3 Å². The molecule has 0 aromatic carbocycles. The van der Waals surface area contributed by atoms with Crippen molar-refractivity contribution < 1.29 is 27.5 Å². The van der Waals surface area contributed by atoms with Crippen LogP contribution >= 0.6 is 11.3 Å². The molecule has 2 heterocycles. The Morgan fingerprint density at radius 1 is 1.31 bits per heavy atom. The number of amides is 2. The molecular weight excluding hydrogens is 373 g/mol. The van der Waals surface area contributed by atoms with Crippen molar-refractivity contribution in [1.82, 2.24) is 15.1 Å². The lowest BCUT2D eigenvalue weighted by atomic mass is 9.96. The van der Waals surface area contributed by atoms with Gasteiger partial charge < -0.3 is 15.0 Å². The lowest BCUT2D eigenvalue weighted by molar-refractivity contribution is -0.162. The highest BCUT2D eigenvalue weighted by Crippen LogP contribution is 2.23. The lowest BCUT2D eigenvalue weighted by Crippen LogP contribution is -2.42. The van der Waals surface area contributed by atoms with Crippen LogP contribution in [0.5, 0.6) is 0 Å². The van der Waals surface area contributed by atoms with E-state index in [1.165, 1.54) is 16.2 Å². The van der Waals surface area contributed by atoms with E-state index in [0.717, 1.165) is 11.4 Å². The predicted molar refractivity (Wildman–Crippen MR) is 88.8 cm³/mol. The lowest BCUT2D eigenvalue weighted by Gasteiger charge is -2.30. The standard InChI is InChI=1S/C15H21F3N4O3S/c1-9(2)7-11-20-21-13(26-11)19-12(23)10-3-5-22(6-4-10)14(24)25-8-15(16,17)18/h9-10H,3-8H2,1-2H3,(H,19,21,23). The maximum absolute atomic E-state index is 12.3. The van der Waals surface area contributed by atoms with E-state index in [2.05, 4.69) is 34.1 Å². The third-order valence-corrected chi connectivity index (χ3v) is 4.62. The summed E-state index contributed by atoms with van der Waals surface area (Å²) in [6, 6.07) is 0. The largest absolute Gasteiger partial charge is 0.440 e. The van der Waals surface area contributed by atoms with Crippen molar-refractivity contribution in [3.05, 3.63) is 5.01 Å². The number of rotatable bonds is 5. The summed E-state index contributed by atoms with van der Waals surface area (Å²) in [5.74, 6) is -0.118. The molecule has 1 aromatic rings. The number of hydrogen-bond acceptors (Lipinski definition) is 6. The zero-order valence-corrected chi connectivity index (χ0v) is 15.3. The summed E-state index contributed by atoms with van der Waals surface area (Å²) in [5, 5.41) is 12.0. The van der Waals surface area contributed by atoms with Crippen LogP contribution < -0.4 is 5.32 Å². The quantitative estimate of drug-likeness (QED) is 0.830. The molecule has 0 radical (unpaired) electrons. The third kappa shape index (κ3) is 6.43. The minimum Gasteiger partial charge on any atom is -0.440 e. The monoisotopic (exact) mass is 394 g/mol. The fourth-order valence-corrected chi connectivity index (χ4v) is 3.46. The highest BCUT2D eigenvalue weighted by molar-refractivity contribution is 7.15. The molecule has 11 heteroatoms. The summed E-state index contributed by atoms with van der Waals surface area (Å²) < 4.78 is 40.4. The van der Waals surface area contributed by atoms with Crippen LogP contribution in [0, 0.1) is 11.8 Å². The number of alkyl halides is 3. The number of halogens is 3. The van der Waals surface area contributed by atoms with Crippen molar-refractivity contribution in [3.8, 4) is 0 Å². The van der Waals surface area contributed by atoms with Crippen molar-refractivity contribution in [2.24, 2.45) is 11.8 Å². The van der Waals surface area contributed by atoms with Gasteiger partial charge in [-0.25, -0.2) is 4.79 Å². The number of ether oxygens (including phenoxy) is 1. The second-order valence-corrected chi connectivity index (χ2v) is 7.58. The number of carbonyl (C=O) groups is 2. The molecule has 0 bridgehead atoms. The molecule has 1 aromatic heterocycles. The minimum atomic E-state index is -4.55. The summed E-state index contributed by atoms with van der Waals surface area (Å²) in [6.07, 6.45) is -4.07. The molecule has 26 heavy (non-hydrogen) atoms. The van der Waals surface area contributed by atoms with E-state index in [4.69, 9.17) is 0 Å². The van der Waals surface area contributed by atoms with Gasteiger partial charge in [-0.05, 0) is 18.8 Å². The molecule has 0 spiro atoms. The number of nitrogens with one attached hydrogen (secondary N) is 1. The Morgan fingerprint density at radius 2 is 1.96 bits per heavy atom. The first-order chi connectivity index (χ1) is 12.1. The Labute approximate surface area is 152 Å². The first-order valence-corrected chi connectivity index (χ1v) is 9.07. The number of carbonyl (C=O) groups excluding carboxylic acids is 2. The third-order valence-electron chi connectivity index (χ3n) is 3.76. The second-order valence-electron chi connectivity index (χ2n) is 6.52. The van der Waals surface area contributed by atoms with Crippen LogP contribution in [-0.4, -0.2) is 53.0 Å². The minimum absolute atomic E-state index is 0.170. The molecule has 146 valence electrons. The average Bonchev–Trinajstić information content (AvgIpc) is 2.98. The molecule has 2 amide bonds. The summed E-state index contributed by atoms with van der Waals surface area (Å²) >= 11 is 1.32. The molecule has 0 unspecified atom stereocenters. The van der Waals surface area contributed by atoms with Gasteiger partial charge in [0.1, 0.15) is 5.01 Å². The molecule has 1 N–H and O–H groups in total. The molecule has 1 aliphatic heterocycles. The number of hydrogen-bond donors (Lipinski definition) is 1. The summed E-state index contributed by atoms with van der Waals surface area (Å²) in [4.78, 5) is 25.0. The Hall–Kier alpha value is -1.91. The predicted octanol–water partition coefficient (Wildman–Crippen LogP) is 3.09. The van der Waals surface area contributed by atoms with Gasteiger partial charge in [-0.1, -0.05) is 25.2 Å². The molecule has 0 saturated carbocycles. The van der Waals surface area contributed by atoms with Crippen LogP contribution in [-0.2, 0) is 16.0 Å². The molecule has 1 aliphatic rings. The fraction of sp³-hybridized carbons (Fsp3) is 0.733. The van der Waals surface area contributed by atoms with Gasteiger partial charge in [-0.15, -0.1) is 10.2 Å². The van der Waals surface area contributed by atoms with Gasteiger partial charge in [-0.3, -0.25) is 4.79 Å². The van der Waals surface area contributed by atoms with E-state index in [9.17, 15) is 22.8 Å². The van der Waals surface area contributed by atoms with E-state index in [-0.39, 0.29) is 24.9 Å². The number of piperidine rings is 1. The first-order valence-electron chi connectivity index (χ1n) is 8.25. The van der Waals surface area contributed by atoms with Crippen LogP contribution in [0.25, 0.3) is 0 Å².